The van der Waals surface area contributed by atoms with E-state index in [2.05, 4.69) is 5.32 Å². The minimum absolute atomic E-state index is 0.107. The first-order valence-corrected chi connectivity index (χ1v) is 13.0. The van der Waals surface area contributed by atoms with Gasteiger partial charge in [-0.05, 0) is 25.0 Å². The molecule has 3 rings (SSSR count). The number of hydrogen-bond acceptors (Lipinski definition) is 7. The number of halogens is 2. The third-order valence-electron chi connectivity index (χ3n) is 5.79. The van der Waals surface area contributed by atoms with Crippen LogP contribution in [0.3, 0.4) is 0 Å². The highest BCUT2D eigenvalue weighted by Gasteiger charge is 2.32. The van der Waals surface area contributed by atoms with Crippen LogP contribution in [-0.4, -0.2) is 59.0 Å². The molecule has 1 aliphatic heterocycles. The average Bonchev–Trinajstić information content (AvgIpc) is 2.85. The van der Waals surface area contributed by atoms with Crippen molar-refractivity contribution >= 4 is 50.8 Å². The van der Waals surface area contributed by atoms with Crippen LogP contribution in [-0.2, 0) is 25.3 Å². The van der Waals surface area contributed by atoms with Gasteiger partial charge in [-0.25, -0.2) is 17.5 Å². The summed E-state index contributed by atoms with van der Waals surface area (Å²) in [5.41, 5.74) is 0.664. The Morgan fingerprint density at radius 2 is 1.60 bits per heavy atom. The predicted octanol–water partition coefficient (Wildman–Crippen LogP) is 3.98. The van der Waals surface area contributed by atoms with Crippen molar-refractivity contribution < 1.29 is 32.2 Å². The number of piperidine rings is 1. The van der Waals surface area contributed by atoms with E-state index in [1.807, 2.05) is 0 Å². The molecule has 1 fully saturated rings. The largest absolute Gasteiger partial charge is 0.493 e. The molecule has 1 amide bonds. The van der Waals surface area contributed by atoms with Crippen molar-refractivity contribution in [1.29, 1.82) is 0 Å². The summed E-state index contributed by atoms with van der Waals surface area (Å²) in [4.78, 5) is 25.2. The third-order valence-corrected chi connectivity index (χ3v) is 8.31. The molecular formula is C23H26Cl2N2O7S. The fourth-order valence-electron chi connectivity index (χ4n) is 3.84. The van der Waals surface area contributed by atoms with E-state index in [1.165, 1.54) is 37.8 Å². The predicted molar refractivity (Wildman–Crippen MR) is 133 cm³/mol. The van der Waals surface area contributed by atoms with Gasteiger partial charge in [0, 0.05) is 46.7 Å². The SMILES string of the molecule is COC(=O)c1cc(OC)c(OC)cc1NC(=O)C1CCN(S(=O)(=O)Cc2c(Cl)cccc2Cl)CC1. The van der Waals surface area contributed by atoms with E-state index in [0.29, 0.717) is 29.9 Å². The number of nitrogens with zero attached hydrogens (tertiary/aromatic N) is 1. The summed E-state index contributed by atoms with van der Waals surface area (Å²) >= 11 is 12.3. The molecule has 12 heteroatoms. The van der Waals surface area contributed by atoms with E-state index < -0.39 is 21.9 Å². The van der Waals surface area contributed by atoms with Gasteiger partial charge in [0.05, 0.1) is 38.3 Å². The van der Waals surface area contributed by atoms with Crippen LogP contribution in [0.4, 0.5) is 5.69 Å². The number of nitrogens with one attached hydrogen (secondary N) is 1. The molecule has 190 valence electrons. The molecule has 0 radical (unpaired) electrons. The molecule has 1 saturated heterocycles. The van der Waals surface area contributed by atoms with Gasteiger partial charge in [0.15, 0.2) is 11.5 Å². The first kappa shape index (κ1) is 27.1. The summed E-state index contributed by atoms with van der Waals surface area (Å²) in [6.07, 6.45) is 0.615. The van der Waals surface area contributed by atoms with Crippen molar-refractivity contribution in [3.05, 3.63) is 51.5 Å². The van der Waals surface area contributed by atoms with Gasteiger partial charge in [0.25, 0.3) is 0 Å². The molecule has 1 aliphatic rings. The summed E-state index contributed by atoms with van der Waals surface area (Å²) < 4.78 is 42.5. The second-order valence-corrected chi connectivity index (χ2v) is 10.6. The molecule has 0 spiro atoms. The normalized spacial score (nSPS) is 14.9. The Hall–Kier alpha value is -2.53. The van der Waals surface area contributed by atoms with Crippen LogP contribution < -0.4 is 14.8 Å². The lowest BCUT2D eigenvalue weighted by Gasteiger charge is -2.31. The van der Waals surface area contributed by atoms with Crippen LogP contribution in [0, 0.1) is 5.92 Å². The number of benzene rings is 2. The zero-order chi connectivity index (χ0) is 25.8. The number of amides is 1. The number of carbonyl (C=O) groups is 2. The lowest BCUT2D eigenvalue weighted by molar-refractivity contribution is -0.120. The molecule has 2 aromatic carbocycles. The number of ether oxygens (including phenoxy) is 3. The Morgan fingerprint density at radius 3 is 2.14 bits per heavy atom. The van der Waals surface area contributed by atoms with Crippen LogP contribution in [0.25, 0.3) is 0 Å². The number of esters is 1. The standard InChI is InChI=1S/C23H26Cl2N2O7S/c1-32-20-11-15(23(29)34-3)19(12-21(20)33-2)26-22(28)14-7-9-27(10-8-14)35(30,31)13-16-17(24)5-4-6-18(16)25/h4-6,11-12,14H,7-10,13H2,1-3H3,(H,26,28). The van der Waals surface area contributed by atoms with Gasteiger partial charge in [-0.3, -0.25) is 4.79 Å². The van der Waals surface area contributed by atoms with E-state index in [1.54, 1.807) is 18.2 Å². The van der Waals surface area contributed by atoms with E-state index in [9.17, 15) is 18.0 Å². The maximum Gasteiger partial charge on any atom is 0.340 e. The van der Waals surface area contributed by atoms with Gasteiger partial charge in [-0.2, -0.15) is 0 Å². The van der Waals surface area contributed by atoms with Crippen molar-refractivity contribution in [3.63, 3.8) is 0 Å². The van der Waals surface area contributed by atoms with Gasteiger partial charge in [0.2, 0.25) is 15.9 Å². The Balaban J connectivity index is 1.70. The van der Waals surface area contributed by atoms with Crippen molar-refractivity contribution in [3.8, 4) is 11.5 Å². The first-order chi connectivity index (χ1) is 16.6. The van der Waals surface area contributed by atoms with E-state index in [-0.39, 0.29) is 46.0 Å². The molecule has 0 unspecified atom stereocenters. The van der Waals surface area contributed by atoms with Crippen LogP contribution in [0.1, 0.15) is 28.8 Å². The third kappa shape index (κ3) is 6.19. The molecular weight excluding hydrogens is 519 g/mol. The van der Waals surface area contributed by atoms with Gasteiger partial charge in [-0.15, -0.1) is 0 Å². The van der Waals surface area contributed by atoms with Crippen LogP contribution in [0.15, 0.2) is 30.3 Å². The van der Waals surface area contributed by atoms with Gasteiger partial charge in [-0.1, -0.05) is 29.3 Å². The van der Waals surface area contributed by atoms with Crippen molar-refractivity contribution in [2.24, 2.45) is 5.92 Å². The quantitative estimate of drug-likeness (QED) is 0.500. The van der Waals surface area contributed by atoms with E-state index in [4.69, 9.17) is 37.4 Å². The molecule has 0 aromatic heterocycles. The smallest absolute Gasteiger partial charge is 0.340 e. The molecule has 1 N–H and O–H groups in total. The summed E-state index contributed by atoms with van der Waals surface area (Å²) in [6, 6.07) is 7.73. The monoisotopic (exact) mass is 544 g/mol. The molecule has 0 saturated carbocycles. The zero-order valence-electron chi connectivity index (χ0n) is 19.5. The maximum atomic E-state index is 13.0. The highest BCUT2D eigenvalue weighted by molar-refractivity contribution is 7.88. The lowest BCUT2D eigenvalue weighted by atomic mass is 9.97. The topological polar surface area (TPSA) is 111 Å². The average molecular weight is 545 g/mol. The van der Waals surface area contributed by atoms with Crippen molar-refractivity contribution in [2.45, 2.75) is 18.6 Å². The van der Waals surface area contributed by atoms with Crippen LogP contribution in [0.2, 0.25) is 10.0 Å². The Labute approximate surface area is 214 Å². The second-order valence-electron chi connectivity index (χ2n) is 7.86. The fourth-order valence-corrected chi connectivity index (χ4v) is 6.15. The molecule has 1 heterocycles. The highest BCUT2D eigenvalue weighted by Crippen LogP contribution is 2.35. The maximum absolute atomic E-state index is 13.0. The van der Waals surface area contributed by atoms with Gasteiger partial charge >= 0.3 is 5.97 Å². The van der Waals surface area contributed by atoms with Crippen LogP contribution >= 0.6 is 23.2 Å². The zero-order valence-corrected chi connectivity index (χ0v) is 21.8. The van der Waals surface area contributed by atoms with E-state index in [0.717, 1.165) is 0 Å². The summed E-state index contributed by atoms with van der Waals surface area (Å²) in [7, 11) is 0.413. The molecule has 0 atom stereocenters. The summed E-state index contributed by atoms with van der Waals surface area (Å²) in [5.74, 6) is -1.13. The van der Waals surface area contributed by atoms with Gasteiger partial charge in [0.1, 0.15) is 0 Å². The molecule has 9 nitrogen and oxygen atoms in total. The number of methoxy groups -OCH3 is 3. The molecule has 35 heavy (non-hydrogen) atoms. The second kappa shape index (κ2) is 11.5. The Kier molecular flexibility index (Phi) is 8.87. The minimum atomic E-state index is -3.69. The summed E-state index contributed by atoms with van der Waals surface area (Å²) in [5, 5.41) is 3.32. The summed E-state index contributed by atoms with van der Waals surface area (Å²) in [6.45, 7) is 0.330. The Bertz CT molecular complexity index is 1190. The fraction of sp³-hybridized carbons (Fsp3) is 0.391. The number of hydrogen-bond donors (Lipinski definition) is 1. The first-order valence-electron chi connectivity index (χ1n) is 10.7. The molecule has 2 aromatic rings. The number of sulfonamides is 1. The van der Waals surface area contributed by atoms with Gasteiger partial charge < -0.3 is 19.5 Å². The van der Waals surface area contributed by atoms with E-state index >= 15 is 0 Å². The molecule has 0 bridgehead atoms. The van der Waals surface area contributed by atoms with Crippen molar-refractivity contribution in [2.75, 3.05) is 39.7 Å². The highest BCUT2D eigenvalue weighted by atomic mass is 35.5. The van der Waals surface area contributed by atoms with Crippen LogP contribution in [0.5, 0.6) is 11.5 Å². The Morgan fingerprint density at radius 1 is 1.03 bits per heavy atom. The number of anilines is 1. The minimum Gasteiger partial charge on any atom is -0.493 e. The molecule has 0 aliphatic carbocycles. The lowest BCUT2D eigenvalue weighted by Crippen LogP contribution is -2.42. The number of carbonyl (C=O) groups excluding carboxylic acids is 2. The number of rotatable bonds is 8. The van der Waals surface area contributed by atoms with Crippen molar-refractivity contribution in [1.82, 2.24) is 4.31 Å².